The summed E-state index contributed by atoms with van der Waals surface area (Å²) in [5.74, 6) is 1.56. The molecule has 0 saturated heterocycles. The summed E-state index contributed by atoms with van der Waals surface area (Å²) in [6, 6.07) is 39.9. The summed E-state index contributed by atoms with van der Waals surface area (Å²) in [7, 11) is -2.04. The molecule has 0 aromatic heterocycles. The first-order valence-electron chi connectivity index (χ1n) is 16.0. The number of carbonyl (C=O) groups is 1. The molecule has 6 heteroatoms. The molecule has 0 heterocycles. The van der Waals surface area contributed by atoms with Crippen molar-refractivity contribution in [2.75, 3.05) is 0 Å². The maximum absolute atomic E-state index is 13.6. The number of halogens is 1. The lowest BCUT2D eigenvalue weighted by Gasteiger charge is -2.36. The highest BCUT2D eigenvalue weighted by molar-refractivity contribution is 9.10. The van der Waals surface area contributed by atoms with E-state index in [1.165, 1.54) is 0 Å². The van der Waals surface area contributed by atoms with Crippen LogP contribution in [0.1, 0.15) is 53.4 Å². The van der Waals surface area contributed by atoms with Crippen LogP contribution in [0, 0.1) is 0 Å². The number of Topliss-reactive ketones (excluding diaryl/α,β-unsaturated/α-hetero) is 1. The summed E-state index contributed by atoms with van der Waals surface area (Å²) in [4.78, 5) is 13.6. The van der Waals surface area contributed by atoms with Crippen molar-refractivity contribution < 1.29 is 18.7 Å². The molecular formula is C41H43BrO4Si. The maximum Gasteiger partial charge on any atom is 0.192 e. The minimum absolute atomic E-state index is 0.0464. The van der Waals surface area contributed by atoms with Gasteiger partial charge in [0, 0.05) is 16.5 Å². The molecule has 0 unspecified atom stereocenters. The highest BCUT2D eigenvalue weighted by Gasteiger charge is 2.37. The number of ether oxygens (including phenoxy) is 2. The van der Waals surface area contributed by atoms with Gasteiger partial charge in [0.2, 0.25) is 0 Å². The smallest absolute Gasteiger partial charge is 0.192 e. The normalized spacial score (nSPS) is 11.7. The fraction of sp³-hybridized carbons (Fsp3) is 0.244. The fourth-order valence-corrected chi connectivity index (χ4v) is 6.27. The Bertz CT molecular complexity index is 1780. The van der Waals surface area contributed by atoms with E-state index in [-0.39, 0.29) is 17.2 Å². The summed E-state index contributed by atoms with van der Waals surface area (Å²) in [5, 5.41) is 0.0735. The van der Waals surface area contributed by atoms with Gasteiger partial charge in [-0.05, 0) is 100 Å². The van der Waals surface area contributed by atoms with Gasteiger partial charge in [-0.2, -0.15) is 0 Å². The predicted octanol–water partition coefficient (Wildman–Crippen LogP) is 11.2. The summed E-state index contributed by atoms with van der Waals surface area (Å²) in [6.45, 7) is 12.7. The molecule has 5 rings (SSSR count). The van der Waals surface area contributed by atoms with Crippen LogP contribution in [-0.4, -0.2) is 14.1 Å². The first-order valence-corrected chi connectivity index (χ1v) is 19.7. The molecule has 5 aromatic carbocycles. The van der Waals surface area contributed by atoms with Crippen LogP contribution in [0.15, 0.2) is 126 Å². The first-order chi connectivity index (χ1) is 22.5. The molecule has 4 nitrogen and oxygen atoms in total. The molecule has 0 bridgehead atoms. The van der Waals surface area contributed by atoms with Gasteiger partial charge in [-0.15, -0.1) is 0 Å². The topological polar surface area (TPSA) is 44.8 Å². The third kappa shape index (κ3) is 9.31. The standard InChI is InChI=1S/C41H43BrO4Si/c1-41(2,3)47(4,5)46-29-34-24-37(45-28-31-14-10-7-11-15-31)22-23-38(34)39-26-35(42)19-16-33(39)25-40(43)32-17-20-36(21-18-32)44-27-30-12-8-6-9-13-30/h6-24,26H,25,27-29H2,1-5H3. The molecule has 0 atom stereocenters. The second-order valence-corrected chi connectivity index (χ2v) is 19.1. The Balaban J connectivity index is 1.39. The van der Waals surface area contributed by atoms with E-state index in [0.29, 0.717) is 25.4 Å². The Hall–Kier alpha value is -3.97. The van der Waals surface area contributed by atoms with Crippen LogP contribution >= 0.6 is 15.9 Å². The van der Waals surface area contributed by atoms with Crippen LogP contribution in [0.2, 0.25) is 18.1 Å². The van der Waals surface area contributed by atoms with Gasteiger partial charge in [-0.25, -0.2) is 0 Å². The van der Waals surface area contributed by atoms with E-state index in [9.17, 15) is 4.79 Å². The zero-order valence-electron chi connectivity index (χ0n) is 27.9. The monoisotopic (exact) mass is 706 g/mol. The van der Waals surface area contributed by atoms with Gasteiger partial charge in [0.15, 0.2) is 14.1 Å². The molecule has 0 fully saturated rings. The predicted molar refractivity (Wildman–Crippen MR) is 198 cm³/mol. The zero-order chi connectivity index (χ0) is 33.4. The van der Waals surface area contributed by atoms with Crippen molar-refractivity contribution in [3.63, 3.8) is 0 Å². The minimum Gasteiger partial charge on any atom is -0.489 e. The second-order valence-electron chi connectivity index (χ2n) is 13.3. The van der Waals surface area contributed by atoms with Gasteiger partial charge in [0.25, 0.3) is 0 Å². The number of ketones is 1. The van der Waals surface area contributed by atoms with E-state index in [2.05, 4.69) is 80.1 Å². The van der Waals surface area contributed by atoms with Gasteiger partial charge < -0.3 is 13.9 Å². The third-order valence-corrected chi connectivity index (χ3v) is 13.8. The fourth-order valence-electron chi connectivity index (χ4n) is 4.96. The summed E-state index contributed by atoms with van der Waals surface area (Å²) in [5.41, 5.74) is 6.88. The van der Waals surface area contributed by atoms with Crippen LogP contribution < -0.4 is 9.47 Å². The van der Waals surface area contributed by atoms with Crippen LogP contribution in [0.4, 0.5) is 0 Å². The van der Waals surface area contributed by atoms with E-state index in [4.69, 9.17) is 13.9 Å². The molecule has 5 aromatic rings. The molecule has 242 valence electrons. The molecule has 0 aliphatic carbocycles. The molecule has 0 radical (unpaired) electrons. The van der Waals surface area contributed by atoms with E-state index >= 15 is 0 Å². The molecular weight excluding hydrogens is 664 g/mol. The zero-order valence-corrected chi connectivity index (χ0v) is 30.5. The molecule has 0 N–H and O–H groups in total. The Kier molecular flexibility index (Phi) is 11.2. The van der Waals surface area contributed by atoms with Gasteiger partial charge in [0.05, 0.1) is 6.61 Å². The van der Waals surface area contributed by atoms with Gasteiger partial charge >= 0.3 is 0 Å². The summed E-state index contributed by atoms with van der Waals surface area (Å²) in [6.07, 6.45) is 0.265. The van der Waals surface area contributed by atoms with E-state index in [0.717, 1.165) is 49.4 Å². The molecule has 0 amide bonds. The number of benzene rings is 5. The van der Waals surface area contributed by atoms with Gasteiger partial charge in [-0.1, -0.05) is 109 Å². The number of hydrogen-bond donors (Lipinski definition) is 0. The third-order valence-electron chi connectivity index (χ3n) is 8.86. The van der Waals surface area contributed by atoms with Crippen molar-refractivity contribution in [3.05, 3.63) is 154 Å². The molecule has 0 saturated carbocycles. The Labute approximate surface area is 289 Å². The lowest BCUT2D eigenvalue weighted by molar-refractivity contribution is 0.0993. The summed E-state index contributed by atoms with van der Waals surface area (Å²) >= 11 is 3.68. The number of rotatable bonds is 13. The second kappa shape index (κ2) is 15.3. The van der Waals surface area contributed by atoms with E-state index in [1.54, 1.807) is 0 Å². The minimum atomic E-state index is -2.04. The van der Waals surface area contributed by atoms with Crippen molar-refractivity contribution in [2.45, 2.75) is 65.1 Å². The van der Waals surface area contributed by atoms with E-state index < -0.39 is 8.32 Å². The van der Waals surface area contributed by atoms with Crippen LogP contribution in [-0.2, 0) is 30.7 Å². The maximum atomic E-state index is 13.6. The lowest BCUT2D eigenvalue weighted by Crippen LogP contribution is -2.40. The van der Waals surface area contributed by atoms with Gasteiger partial charge in [0.1, 0.15) is 24.7 Å². The molecule has 0 aliphatic heterocycles. The highest BCUT2D eigenvalue weighted by Crippen LogP contribution is 2.39. The van der Waals surface area contributed by atoms with Crippen molar-refractivity contribution in [2.24, 2.45) is 0 Å². The van der Waals surface area contributed by atoms with Crippen molar-refractivity contribution >= 4 is 30.0 Å². The molecule has 0 spiro atoms. The van der Waals surface area contributed by atoms with Crippen LogP contribution in [0.3, 0.4) is 0 Å². The average molecular weight is 708 g/mol. The van der Waals surface area contributed by atoms with Crippen LogP contribution in [0.25, 0.3) is 11.1 Å². The van der Waals surface area contributed by atoms with Crippen LogP contribution in [0.5, 0.6) is 11.5 Å². The van der Waals surface area contributed by atoms with Crippen molar-refractivity contribution in [1.82, 2.24) is 0 Å². The Morgan fingerprint density at radius 3 is 1.81 bits per heavy atom. The quantitative estimate of drug-likeness (QED) is 0.0903. The number of carbonyl (C=O) groups excluding carboxylic acids is 1. The number of hydrogen-bond acceptors (Lipinski definition) is 4. The highest BCUT2D eigenvalue weighted by atomic mass is 79.9. The SMILES string of the molecule is CC(C)(C)[Si](C)(C)OCc1cc(OCc2ccccc2)ccc1-c1cc(Br)ccc1CC(=O)c1ccc(OCc2ccccc2)cc1. The molecule has 0 aliphatic rings. The largest absolute Gasteiger partial charge is 0.489 e. The lowest BCUT2D eigenvalue weighted by atomic mass is 9.92. The summed E-state index contributed by atoms with van der Waals surface area (Å²) < 4.78 is 19.8. The first kappa shape index (κ1) is 34.4. The van der Waals surface area contributed by atoms with Crippen molar-refractivity contribution in [3.8, 4) is 22.6 Å². The Morgan fingerprint density at radius 2 is 1.21 bits per heavy atom. The average Bonchev–Trinajstić information content (AvgIpc) is 3.07. The van der Waals surface area contributed by atoms with Crippen molar-refractivity contribution in [1.29, 1.82) is 0 Å². The Morgan fingerprint density at radius 1 is 0.638 bits per heavy atom. The van der Waals surface area contributed by atoms with Gasteiger partial charge in [-0.3, -0.25) is 4.79 Å². The van der Waals surface area contributed by atoms with E-state index in [1.807, 2.05) is 91.0 Å². The molecule has 47 heavy (non-hydrogen) atoms.